The Morgan fingerprint density at radius 1 is 1.09 bits per heavy atom. The fraction of sp³-hybridized carbons (Fsp3) is 0.278. The summed E-state index contributed by atoms with van der Waals surface area (Å²) < 4.78 is 17.0. The standard InChI is InChI=1S/C18H17NO3S/c19-13-14-3-1-4-15(11-14)20-9-10-23-16-5-6-17-18(12-16)22-8-2-7-21-17/h1,3-6,11-12H,2,7-10H2. The average molecular weight is 327 g/mol. The number of nitrogens with zero attached hydrogens (tertiary/aromatic N) is 1. The van der Waals surface area contributed by atoms with Gasteiger partial charge in [0.25, 0.3) is 0 Å². The molecule has 0 saturated heterocycles. The highest BCUT2D eigenvalue weighted by molar-refractivity contribution is 7.99. The fourth-order valence-electron chi connectivity index (χ4n) is 2.21. The van der Waals surface area contributed by atoms with E-state index in [1.807, 2.05) is 30.3 Å². The van der Waals surface area contributed by atoms with Crippen LogP contribution in [-0.4, -0.2) is 25.6 Å². The highest BCUT2D eigenvalue weighted by atomic mass is 32.2. The van der Waals surface area contributed by atoms with Gasteiger partial charge in [-0.1, -0.05) is 6.07 Å². The molecule has 0 bridgehead atoms. The second kappa shape index (κ2) is 7.80. The fourth-order valence-corrected chi connectivity index (χ4v) is 2.96. The molecule has 2 aromatic rings. The molecule has 0 unspecified atom stereocenters. The third-order valence-electron chi connectivity index (χ3n) is 3.30. The van der Waals surface area contributed by atoms with Crippen LogP contribution in [0.3, 0.4) is 0 Å². The number of thioether (sulfide) groups is 1. The van der Waals surface area contributed by atoms with Crippen LogP contribution in [0.25, 0.3) is 0 Å². The van der Waals surface area contributed by atoms with Crippen molar-refractivity contribution < 1.29 is 14.2 Å². The minimum absolute atomic E-state index is 0.577. The lowest BCUT2D eigenvalue weighted by Gasteiger charge is -2.09. The molecule has 0 spiro atoms. The second-order valence-electron chi connectivity index (χ2n) is 5.00. The predicted molar refractivity (Wildman–Crippen MR) is 89.4 cm³/mol. The molecule has 0 fully saturated rings. The predicted octanol–water partition coefficient (Wildman–Crippen LogP) is 3.89. The quantitative estimate of drug-likeness (QED) is 0.616. The van der Waals surface area contributed by atoms with Gasteiger partial charge >= 0.3 is 0 Å². The van der Waals surface area contributed by atoms with E-state index in [4.69, 9.17) is 19.5 Å². The van der Waals surface area contributed by atoms with Crippen molar-refractivity contribution in [3.63, 3.8) is 0 Å². The molecule has 1 aliphatic rings. The highest BCUT2D eigenvalue weighted by Gasteiger charge is 2.10. The Morgan fingerprint density at radius 3 is 2.83 bits per heavy atom. The van der Waals surface area contributed by atoms with Crippen molar-refractivity contribution in [1.82, 2.24) is 0 Å². The number of hydrogen-bond acceptors (Lipinski definition) is 5. The van der Waals surface area contributed by atoms with E-state index in [2.05, 4.69) is 6.07 Å². The third-order valence-corrected chi connectivity index (χ3v) is 4.26. The van der Waals surface area contributed by atoms with Crippen LogP contribution in [0.15, 0.2) is 47.4 Å². The van der Waals surface area contributed by atoms with Crippen molar-refractivity contribution in [2.24, 2.45) is 0 Å². The average Bonchev–Trinajstić information content (AvgIpc) is 2.84. The van der Waals surface area contributed by atoms with E-state index >= 15 is 0 Å². The number of nitriles is 1. The molecule has 5 heteroatoms. The summed E-state index contributed by atoms with van der Waals surface area (Å²) in [5, 5.41) is 8.87. The SMILES string of the molecule is N#Cc1cccc(OCCSc2ccc3c(c2)OCCCO3)c1. The van der Waals surface area contributed by atoms with Crippen LogP contribution >= 0.6 is 11.8 Å². The summed E-state index contributed by atoms with van der Waals surface area (Å²) >= 11 is 1.70. The normalized spacial score (nSPS) is 13.0. The Kier molecular flexibility index (Phi) is 5.28. The van der Waals surface area contributed by atoms with Crippen LogP contribution in [0.1, 0.15) is 12.0 Å². The van der Waals surface area contributed by atoms with Gasteiger partial charge in [0.15, 0.2) is 11.5 Å². The molecule has 2 aromatic carbocycles. The Balaban J connectivity index is 1.51. The molecule has 0 saturated carbocycles. The highest BCUT2D eigenvalue weighted by Crippen LogP contribution is 2.33. The molecule has 0 radical (unpaired) electrons. The number of rotatable bonds is 5. The second-order valence-corrected chi connectivity index (χ2v) is 6.16. The van der Waals surface area contributed by atoms with Crippen LogP contribution in [0.4, 0.5) is 0 Å². The number of ether oxygens (including phenoxy) is 3. The van der Waals surface area contributed by atoms with Gasteiger partial charge < -0.3 is 14.2 Å². The number of benzene rings is 2. The summed E-state index contributed by atoms with van der Waals surface area (Å²) in [6.45, 7) is 1.97. The van der Waals surface area contributed by atoms with Gasteiger partial charge in [0.2, 0.25) is 0 Å². The van der Waals surface area contributed by atoms with E-state index in [1.165, 1.54) is 0 Å². The molecular formula is C18H17NO3S. The Bertz CT molecular complexity index is 712. The molecule has 0 amide bonds. The molecular weight excluding hydrogens is 310 g/mol. The molecule has 0 atom stereocenters. The lowest BCUT2D eigenvalue weighted by atomic mass is 10.2. The molecule has 23 heavy (non-hydrogen) atoms. The zero-order valence-electron chi connectivity index (χ0n) is 12.7. The topological polar surface area (TPSA) is 51.5 Å². The van der Waals surface area contributed by atoms with Gasteiger partial charge in [0, 0.05) is 17.1 Å². The van der Waals surface area contributed by atoms with Gasteiger partial charge in [-0.3, -0.25) is 0 Å². The lowest BCUT2D eigenvalue weighted by Crippen LogP contribution is -2.00. The van der Waals surface area contributed by atoms with E-state index in [0.717, 1.165) is 34.3 Å². The van der Waals surface area contributed by atoms with E-state index in [1.54, 1.807) is 23.9 Å². The van der Waals surface area contributed by atoms with Crippen molar-refractivity contribution in [2.45, 2.75) is 11.3 Å². The third kappa shape index (κ3) is 4.33. The Morgan fingerprint density at radius 2 is 1.96 bits per heavy atom. The smallest absolute Gasteiger partial charge is 0.162 e. The van der Waals surface area contributed by atoms with Gasteiger partial charge in [-0.05, 0) is 36.4 Å². The van der Waals surface area contributed by atoms with Gasteiger partial charge in [0.05, 0.1) is 31.5 Å². The van der Waals surface area contributed by atoms with Gasteiger partial charge in [0.1, 0.15) is 5.75 Å². The maximum absolute atomic E-state index is 8.87. The summed E-state index contributed by atoms with van der Waals surface area (Å²) in [4.78, 5) is 1.13. The van der Waals surface area contributed by atoms with E-state index < -0.39 is 0 Å². The summed E-state index contributed by atoms with van der Waals surface area (Å²) in [5.74, 6) is 3.17. The van der Waals surface area contributed by atoms with Gasteiger partial charge in [-0.15, -0.1) is 11.8 Å². The Labute approximate surface area is 140 Å². The van der Waals surface area contributed by atoms with Crippen molar-refractivity contribution in [2.75, 3.05) is 25.6 Å². The minimum atomic E-state index is 0.577. The molecule has 4 nitrogen and oxygen atoms in total. The van der Waals surface area contributed by atoms with E-state index in [-0.39, 0.29) is 0 Å². The molecule has 1 aliphatic heterocycles. The van der Waals surface area contributed by atoms with E-state index in [0.29, 0.717) is 25.4 Å². The first-order valence-corrected chi connectivity index (χ1v) is 8.49. The van der Waals surface area contributed by atoms with Crippen LogP contribution < -0.4 is 14.2 Å². The zero-order valence-corrected chi connectivity index (χ0v) is 13.5. The summed E-state index contributed by atoms with van der Waals surface area (Å²) in [6.07, 6.45) is 0.909. The lowest BCUT2D eigenvalue weighted by molar-refractivity contribution is 0.297. The van der Waals surface area contributed by atoms with Crippen LogP contribution in [-0.2, 0) is 0 Å². The van der Waals surface area contributed by atoms with Crippen molar-refractivity contribution in [1.29, 1.82) is 5.26 Å². The maximum atomic E-state index is 8.87. The first-order chi connectivity index (χ1) is 11.3. The summed E-state index contributed by atoms with van der Waals surface area (Å²) in [7, 11) is 0. The van der Waals surface area contributed by atoms with Crippen molar-refractivity contribution in [3.8, 4) is 23.3 Å². The monoisotopic (exact) mass is 327 g/mol. The minimum Gasteiger partial charge on any atom is -0.493 e. The van der Waals surface area contributed by atoms with Crippen LogP contribution in [0.5, 0.6) is 17.2 Å². The maximum Gasteiger partial charge on any atom is 0.162 e. The van der Waals surface area contributed by atoms with Crippen molar-refractivity contribution >= 4 is 11.8 Å². The molecule has 118 valence electrons. The van der Waals surface area contributed by atoms with Crippen molar-refractivity contribution in [3.05, 3.63) is 48.0 Å². The molecule has 0 N–H and O–H groups in total. The first kappa shape index (κ1) is 15.6. The number of fused-ring (bicyclic) bond motifs is 1. The van der Waals surface area contributed by atoms with Gasteiger partial charge in [-0.25, -0.2) is 0 Å². The molecule has 0 aromatic heterocycles. The number of hydrogen-bond donors (Lipinski definition) is 0. The molecule has 0 aliphatic carbocycles. The van der Waals surface area contributed by atoms with Gasteiger partial charge in [-0.2, -0.15) is 5.26 Å². The summed E-state index contributed by atoms with van der Waals surface area (Å²) in [5.41, 5.74) is 0.609. The summed E-state index contributed by atoms with van der Waals surface area (Å²) in [6, 6.07) is 15.3. The molecule has 3 rings (SSSR count). The van der Waals surface area contributed by atoms with Crippen LogP contribution in [0, 0.1) is 11.3 Å². The Hall–Kier alpha value is -2.32. The van der Waals surface area contributed by atoms with E-state index in [9.17, 15) is 0 Å². The molecule has 1 heterocycles. The largest absolute Gasteiger partial charge is 0.493 e. The van der Waals surface area contributed by atoms with Crippen LogP contribution in [0.2, 0.25) is 0 Å². The zero-order chi connectivity index (χ0) is 15.9. The first-order valence-electron chi connectivity index (χ1n) is 7.50.